The lowest BCUT2D eigenvalue weighted by Crippen LogP contribution is -2.09. The van der Waals surface area contributed by atoms with E-state index in [-0.39, 0.29) is 0 Å². The number of para-hydroxylation sites is 1. The topological polar surface area (TPSA) is 16.4 Å². The van der Waals surface area contributed by atoms with Crippen molar-refractivity contribution in [3.8, 4) is 33.4 Å². The number of rotatable bonds is 6. The van der Waals surface area contributed by atoms with Gasteiger partial charge in [0, 0.05) is 37.4 Å². The van der Waals surface area contributed by atoms with Crippen molar-refractivity contribution in [2.45, 2.75) is 12.8 Å². The van der Waals surface area contributed by atoms with E-state index in [0.29, 0.717) is 0 Å². The summed E-state index contributed by atoms with van der Waals surface area (Å²) in [5, 5.41) is 3.69. The second kappa shape index (κ2) is 12.3. The third-order valence-corrected chi connectivity index (χ3v) is 11.4. The first-order valence-electron chi connectivity index (χ1n) is 17.5. The Morgan fingerprint density at radius 2 is 0.980 bits per heavy atom. The third-order valence-electron chi connectivity index (χ3n) is 10.2. The molecule has 0 N–H and O–H groups in total. The number of anilines is 3. The monoisotopic (exact) mass is 671 g/mol. The Labute approximate surface area is 301 Å². The highest BCUT2D eigenvalue weighted by Crippen LogP contribution is 2.41. The van der Waals surface area contributed by atoms with Gasteiger partial charge in [-0.2, -0.15) is 0 Å². The molecule has 0 atom stereocenters. The number of aryl methyl sites for hydroxylation is 1. The van der Waals surface area contributed by atoms with E-state index < -0.39 is 0 Å². The first-order valence-corrected chi connectivity index (χ1v) is 18.4. The molecule has 0 aliphatic heterocycles. The molecule has 2 aromatic heterocycles. The van der Waals surface area contributed by atoms with Gasteiger partial charge in [0.25, 0.3) is 0 Å². The van der Waals surface area contributed by atoms with Crippen molar-refractivity contribution in [3.05, 3.63) is 180 Å². The van der Waals surface area contributed by atoms with Crippen LogP contribution in [0.25, 0.3) is 71.5 Å². The number of furan rings is 1. The van der Waals surface area contributed by atoms with Gasteiger partial charge in [-0.3, -0.25) is 0 Å². The maximum absolute atomic E-state index is 6.09. The maximum atomic E-state index is 6.09. The second-order valence-electron chi connectivity index (χ2n) is 13.2. The first-order chi connectivity index (χ1) is 25.2. The van der Waals surface area contributed by atoms with Crippen molar-refractivity contribution >= 4 is 66.5 Å². The van der Waals surface area contributed by atoms with Crippen LogP contribution in [0.2, 0.25) is 0 Å². The quantitative estimate of drug-likeness (QED) is 0.175. The highest BCUT2D eigenvalue weighted by molar-refractivity contribution is 7.20. The molecular weight excluding hydrogens is 639 g/mol. The molecule has 0 fully saturated rings. The Hall–Kier alpha value is -6.16. The van der Waals surface area contributed by atoms with Crippen LogP contribution in [-0.2, 0) is 6.42 Å². The molecule has 0 unspecified atom stereocenters. The number of fused-ring (bicyclic) bond motifs is 6. The van der Waals surface area contributed by atoms with E-state index in [1.807, 2.05) is 23.5 Å². The van der Waals surface area contributed by atoms with Gasteiger partial charge in [-0.1, -0.05) is 103 Å². The van der Waals surface area contributed by atoms with Crippen molar-refractivity contribution in [1.82, 2.24) is 0 Å². The summed E-state index contributed by atoms with van der Waals surface area (Å²) in [6.45, 7) is 0. The lowest BCUT2D eigenvalue weighted by molar-refractivity contribution is 0.669. The maximum Gasteiger partial charge on any atom is 0.135 e. The van der Waals surface area contributed by atoms with Crippen molar-refractivity contribution in [1.29, 1.82) is 0 Å². The zero-order valence-corrected chi connectivity index (χ0v) is 28.7. The molecule has 0 saturated heterocycles. The first kappa shape index (κ1) is 29.7. The van der Waals surface area contributed by atoms with E-state index in [0.717, 1.165) is 51.8 Å². The highest BCUT2D eigenvalue weighted by atomic mass is 32.1. The zero-order valence-electron chi connectivity index (χ0n) is 27.9. The summed E-state index contributed by atoms with van der Waals surface area (Å²) in [7, 11) is 0. The molecule has 0 radical (unpaired) electrons. The van der Waals surface area contributed by atoms with Gasteiger partial charge >= 0.3 is 0 Å². The SMILES string of the molecule is C1=Cc2sc3ccc(-c4ccc(N(c5ccc(-c6ccccc6)cc5)c5ccc(-c6ccc7oc8ccccc8c7c6)cc5)cc4)cc3c2CC1. The van der Waals surface area contributed by atoms with E-state index in [2.05, 4.69) is 169 Å². The molecule has 51 heavy (non-hydrogen) atoms. The molecule has 1 aliphatic rings. The van der Waals surface area contributed by atoms with E-state index in [4.69, 9.17) is 4.42 Å². The fraction of sp³-hybridized carbons (Fsp3) is 0.0417. The standard InChI is InChI=1S/C48H33NOS/c1-2-8-32(9-3-1)33-14-22-38(23-15-33)49(39-24-16-34(17-25-39)36-20-28-46-43(30-36)41-10-4-6-12-45(41)50-46)40-26-18-35(19-27-40)37-21-29-48-44(31-37)42-11-5-7-13-47(42)51-48/h1-4,6-10,12-31H,5,11H2. The Balaban J connectivity index is 1.02. The van der Waals surface area contributed by atoms with E-state index in [1.54, 1.807) is 0 Å². The molecule has 2 heterocycles. The summed E-state index contributed by atoms with van der Waals surface area (Å²) in [5.41, 5.74) is 13.9. The van der Waals surface area contributed by atoms with Crippen LogP contribution in [-0.4, -0.2) is 0 Å². The average molecular weight is 672 g/mol. The van der Waals surface area contributed by atoms with Gasteiger partial charge in [0.15, 0.2) is 0 Å². The van der Waals surface area contributed by atoms with E-state index in [1.165, 1.54) is 53.9 Å². The van der Waals surface area contributed by atoms with Gasteiger partial charge < -0.3 is 9.32 Å². The number of hydrogen-bond donors (Lipinski definition) is 0. The minimum absolute atomic E-state index is 0.914. The van der Waals surface area contributed by atoms with Crippen LogP contribution in [0.1, 0.15) is 16.9 Å². The normalized spacial score (nSPS) is 12.5. The van der Waals surface area contributed by atoms with E-state index >= 15 is 0 Å². The number of allylic oxidation sites excluding steroid dienone is 1. The van der Waals surface area contributed by atoms with Crippen LogP contribution in [0.15, 0.2) is 174 Å². The predicted octanol–water partition coefficient (Wildman–Crippen LogP) is 14.2. The summed E-state index contributed by atoms with van der Waals surface area (Å²) in [6.07, 6.45) is 6.84. The molecule has 7 aromatic carbocycles. The third kappa shape index (κ3) is 5.34. The molecule has 10 rings (SSSR count). The molecule has 2 nitrogen and oxygen atoms in total. The highest BCUT2D eigenvalue weighted by Gasteiger charge is 2.16. The fourth-order valence-electron chi connectivity index (χ4n) is 7.55. The Kier molecular flexibility index (Phi) is 7.18. The second-order valence-corrected chi connectivity index (χ2v) is 14.3. The smallest absolute Gasteiger partial charge is 0.135 e. The van der Waals surface area contributed by atoms with Crippen LogP contribution in [0, 0.1) is 0 Å². The van der Waals surface area contributed by atoms with Gasteiger partial charge in [-0.15, -0.1) is 11.3 Å². The average Bonchev–Trinajstić information content (AvgIpc) is 3.77. The molecule has 0 saturated carbocycles. The number of nitrogens with zero attached hydrogens (tertiary/aromatic N) is 1. The Bertz CT molecular complexity index is 2720. The lowest BCUT2D eigenvalue weighted by atomic mass is 9.97. The summed E-state index contributed by atoms with van der Waals surface area (Å²) in [4.78, 5) is 3.76. The van der Waals surface area contributed by atoms with Crippen molar-refractivity contribution < 1.29 is 4.42 Å². The Morgan fingerprint density at radius 1 is 0.451 bits per heavy atom. The molecule has 0 bridgehead atoms. The van der Waals surface area contributed by atoms with Crippen molar-refractivity contribution in [3.63, 3.8) is 0 Å². The van der Waals surface area contributed by atoms with E-state index in [9.17, 15) is 0 Å². The predicted molar refractivity (Wildman–Crippen MR) is 217 cm³/mol. The Morgan fingerprint density at radius 3 is 1.67 bits per heavy atom. The fourth-order valence-corrected chi connectivity index (χ4v) is 8.71. The van der Waals surface area contributed by atoms with Crippen molar-refractivity contribution in [2.24, 2.45) is 0 Å². The van der Waals surface area contributed by atoms with Crippen molar-refractivity contribution in [2.75, 3.05) is 4.90 Å². The lowest BCUT2D eigenvalue weighted by Gasteiger charge is -2.26. The molecule has 9 aromatic rings. The molecule has 0 amide bonds. The zero-order chi connectivity index (χ0) is 33.7. The molecule has 0 spiro atoms. The minimum Gasteiger partial charge on any atom is -0.456 e. The van der Waals surface area contributed by atoms with Gasteiger partial charge in [0.1, 0.15) is 11.2 Å². The van der Waals surface area contributed by atoms with Gasteiger partial charge in [-0.25, -0.2) is 0 Å². The van der Waals surface area contributed by atoms with Gasteiger partial charge in [0.05, 0.1) is 0 Å². The summed E-state index contributed by atoms with van der Waals surface area (Å²) in [5.74, 6) is 0. The number of hydrogen-bond acceptors (Lipinski definition) is 3. The summed E-state index contributed by atoms with van der Waals surface area (Å²) < 4.78 is 7.47. The van der Waals surface area contributed by atoms with Gasteiger partial charge in [-0.05, 0) is 130 Å². The number of thiophene rings is 1. The molecule has 3 heteroatoms. The largest absolute Gasteiger partial charge is 0.456 e. The molecular formula is C48H33NOS. The van der Waals surface area contributed by atoms with Crippen LogP contribution in [0.5, 0.6) is 0 Å². The van der Waals surface area contributed by atoms with Crippen LogP contribution >= 0.6 is 11.3 Å². The minimum atomic E-state index is 0.914. The summed E-state index contributed by atoms with van der Waals surface area (Å²) in [6, 6.07) is 59.1. The number of benzene rings is 7. The van der Waals surface area contributed by atoms with Crippen LogP contribution < -0.4 is 4.90 Å². The molecule has 1 aliphatic carbocycles. The van der Waals surface area contributed by atoms with Gasteiger partial charge in [0.2, 0.25) is 0 Å². The van der Waals surface area contributed by atoms with Crippen LogP contribution in [0.3, 0.4) is 0 Å². The van der Waals surface area contributed by atoms with Crippen LogP contribution in [0.4, 0.5) is 17.1 Å². The summed E-state index contributed by atoms with van der Waals surface area (Å²) >= 11 is 1.91. The molecule has 242 valence electrons.